The van der Waals surface area contributed by atoms with Crippen LogP contribution in [0.3, 0.4) is 0 Å². The quantitative estimate of drug-likeness (QED) is 0.676. The minimum absolute atomic E-state index is 0.165. The molecule has 0 unspecified atom stereocenters. The molecule has 0 aliphatic heterocycles. The SMILES string of the molecule is O=C1[C](c2cccs2)C(=O)c2cccc3cccc1c23. The molecule has 0 bridgehead atoms. The van der Waals surface area contributed by atoms with E-state index in [0.717, 1.165) is 15.6 Å². The average Bonchev–Trinajstić information content (AvgIpc) is 2.99. The second-order valence-electron chi connectivity index (χ2n) is 4.72. The van der Waals surface area contributed by atoms with Crippen molar-refractivity contribution in [1.29, 1.82) is 0 Å². The Bertz CT molecular complexity index is 796. The van der Waals surface area contributed by atoms with Gasteiger partial charge in [-0.25, -0.2) is 0 Å². The maximum atomic E-state index is 12.7. The van der Waals surface area contributed by atoms with Crippen LogP contribution >= 0.6 is 11.3 Å². The van der Waals surface area contributed by atoms with E-state index in [1.165, 1.54) is 11.3 Å². The van der Waals surface area contributed by atoms with Gasteiger partial charge in [0, 0.05) is 21.4 Å². The number of rotatable bonds is 1. The van der Waals surface area contributed by atoms with E-state index in [2.05, 4.69) is 0 Å². The maximum absolute atomic E-state index is 12.7. The molecule has 0 amide bonds. The topological polar surface area (TPSA) is 34.1 Å². The summed E-state index contributed by atoms with van der Waals surface area (Å²) in [5, 5.41) is 3.60. The van der Waals surface area contributed by atoms with E-state index in [9.17, 15) is 9.59 Å². The number of carbonyl (C=O) groups is 2. The van der Waals surface area contributed by atoms with E-state index >= 15 is 0 Å². The molecule has 0 saturated carbocycles. The van der Waals surface area contributed by atoms with Gasteiger partial charge in [0.25, 0.3) is 0 Å². The van der Waals surface area contributed by atoms with E-state index in [1.807, 2.05) is 41.8 Å². The molecule has 1 aliphatic carbocycles. The smallest absolute Gasteiger partial charge is 0.184 e. The van der Waals surface area contributed by atoms with Gasteiger partial charge in [-0.1, -0.05) is 42.5 Å². The minimum Gasteiger partial charge on any atom is -0.293 e. The molecule has 0 N–H and O–H groups in total. The van der Waals surface area contributed by atoms with Crippen molar-refractivity contribution in [3.8, 4) is 0 Å². The molecule has 0 saturated heterocycles. The predicted molar refractivity (Wildman–Crippen MR) is 79.3 cm³/mol. The fourth-order valence-corrected chi connectivity index (χ4v) is 3.50. The first-order chi connectivity index (χ1) is 9.77. The number of hydrogen-bond acceptors (Lipinski definition) is 3. The number of ketones is 2. The molecule has 1 heterocycles. The Morgan fingerprint density at radius 1 is 0.750 bits per heavy atom. The van der Waals surface area contributed by atoms with Crippen molar-refractivity contribution in [2.45, 2.75) is 0 Å². The van der Waals surface area contributed by atoms with Crippen molar-refractivity contribution in [2.24, 2.45) is 0 Å². The second kappa shape index (κ2) is 4.12. The maximum Gasteiger partial charge on any atom is 0.184 e. The lowest BCUT2D eigenvalue weighted by Crippen LogP contribution is -2.27. The fourth-order valence-electron chi connectivity index (χ4n) is 2.74. The molecule has 2 nitrogen and oxygen atoms in total. The molecule has 1 aromatic heterocycles. The summed E-state index contributed by atoms with van der Waals surface area (Å²) in [4.78, 5) is 26.1. The van der Waals surface area contributed by atoms with Gasteiger partial charge in [-0.05, 0) is 16.8 Å². The van der Waals surface area contributed by atoms with Crippen LogP contribution in [0, 0.1) is 5.92 Å². The summed E-state index contributed by atoms with van der Waals surface area (Å²) in [7, 11) is 0. The Kier molecular flexibility index (Phi) is 2.38. The lowest BCUT2D eigenvalue weighted by molar-refractivity contribution is 0.0929. The van der Waals surface area contributed by atoms with Gasteiger partial charge in [0.2, 0.25) is 0 Å². The molecular formula is C17H9O2S. The third kappa shape index (κ3) is 1.44. The first-order valence-corrected chi connectivity index (χ1v) is 7.17. The lowest BCUT2D eigenvalue weighted by atomic mass is 9.79. The summed E-state index contributed by atoms with van der Waals surface area (Å²) in [6, 6.07) is 14.9. The fraction of sp³-hybridized carbons (Fsp3) is 0. The molecule has 0 fully saturated rings. The first-order valence-electron chi connectivity index (χ1n) is 6.29. The number of carbonyl (C=O) groups excluding carboxylic acids is 2. The molecule has 2 aromatic carbocycles. The van der Waals surface area contributed by atoms with Crippen LogP contribution in [0.2, 0.25) is 0 Å². The molecule has 1 aliphatic rings. The highest BCUT2D eigenvalue weighted by molar-refractivity contribution is 7.10. The van der Waals surface area contributed by atoms with Crippen molar-refractivity contribution in [1.82, 2.24) is 0 Å². The number of thiophene rings is 1. The number of Topliss-reactive ketones (excluding diaryl/α,β-unsaturated/α-hetero) is 2. The zero-order chi connectivity index (χ0) is 13.7. The number of benzene rings is 2. The van der Waals surface area contributed by atoms with Crippen molar-refractivity contribution in [2.75, 3.05) is 0 Å². The minimum atomic E-state index is -0.165. The second-order valence-corrected chi connectivity index (χ2v) is 5.67. The Morgan fingerprint density at radius 3 is 1.95 bits per heavy atom. The highest BCUT2D eigenvalue weighted by Gasteiger charge is 2.38. The third-order valence-electron chi connectivity index (χ3n) is 3.62. The van der Waals surface area contributed by atoms with Crippen molar-refractivity contribution in [3.05, 3.63) is 75.8 Å². The first kappa shape index (κ1) is 11.6. The lowest BCUT2D eigenvalue weighted by Gasteiger charge is -2.21. The van der Waals surface area contributed by atoms with Crippen LogP contribution in [-0.2, 0) is 0 Å². The monoisotopic (exact) mass is 277 g/mol. The van der Waals surface area contributed by atoms with Crippen LogP contribution in [0.4, 0.5) is 0 Å². The molecule has 0 atom stereocenters. The summed E-state index contributed by atoms with van der Waals surface area (Å²) in [6.45, 7) is 0. The molecule has 4 rings (SSSR count). The molecule has 3 aromatic rings. The third-order valence-corrected chi connectivity index (χ3v) is 4.50. The molecule has 3 heteroatoms. The molecule has 20 heavy (non-hydrogen) atoms. The van der Waals surface area contributed by atoms with Gasteiger partial charge in [-0.2, -0.15) is 0 Å². The summed E-state index contributed by atoms with van der Waals surface area (Å²) >= 11 is 1.42. The zero-order valence-corrected chi connectivity index (χ0v) is 11.2. The van der Waals surface area contributed by atoms with Crippen molar-refractivity contribution >= 4 is 33.7 Å². The van der Waals surface area contributed by atoms with Crippen molar-refractivity contribution < 1.29 is 9.59 Å². The molecule has 1 radical (unpaired) electrons. The Balaban J connectivity index is 2.05. The highest BCUT2D eigenvalue weighted by atomic mass is 32.1. The molecule has 95 valence electrons. The summed E-state index contributed by atoms with van der Waals surface area (Å²) in [6.07, 6.45) is 0. The van der Waals surface area contributed by atoms with Crippen LogP contribution in [0.1, 0.15) is 25.6 Å². The van der Waals surface area contributed by atoms with Gasteiger partial charge >= 0.3 is 0 Å². The normalized spacial score (nSPS) is 15.0. The molecular weight excluding hydrogens is 268 g/mol. The molecule has 0 spiro atoms. The Hall–Kier alpha value is -2.26. The van der Waals surface area contributed by atoms with Gasteiger partial charge in [-0.3, -0.25) is 9.59 Å². The van der Waals surface area contributed by atoms with E-state index in [0.29, 0.717) is 17.0 Å². The van der Waals surface area contributed by atoms with Gasteiger partial charge in [0.1, 0.15) is 0 Å². The highest BCUT2D eigenvalue weighted by Crippen LogP contribution is 2.37. The zero-order valence-electron chi connectivity index (χ0n) is 10.4. The van der Waals surface area contributed by atoms with Crippen LogP contribution < -0.4 is 0 Å². The van der Waals surface area contributed by atoms with E-state index in [1.54, 1.807) is 12.1 Å². The van der Waals surface area contributed by atoms with Gasteiger partial charge in [0.05, 0.1) is 0 Å². The van der Waals surface area contributed by atoms with Gasteiger partial charge < -0.3 is 0 Å². The average molecular weight is 277 g/mol. The van der Waals surface area contributed by atoms with Crippen LogP contribution in [0.5, 0.6) is 0 Å². The Morgan fingerprint density at radius 2 is 1.40 bits per heavy atom. The van der Waals surface area contributed by atoms with E-state index < -0.39 is 0 Å². The van der Waals surface area contributed by atoms with Crippen LogP contribution in [0.25, 0.3) is 10.8 Å². The largest absolute Gasteiger partial charge is 0.293 e. The van der Waals surface area contributed by atoms with Gasteiger partial charge in [0.15, 0.2) is 17.5 Å². The summed E-state index contributed by atoms with van der Waals surface area (Å²) in [5.74, 6) is -0.0327. The van der Waals surface area contributed by atoms with Crippen molar-refractivity contribution in [3.63, 3.8) is 0 Å². The summed E-state index contributed by atoms with van der Waals surface area (Å²) < 4.78 is 0. The van der Waals surface area contributed by atoms with E-state index in [4.69, 9.17) is 0 Å². The van der Waals surface area contributed by atoms with Crippen LogP contribution in [-0.4, -0.2) is 11.6 Å². The Labute approximate surface area is 119 Å². The number of hydrogen-bond donors (Lipinski definition) is 0. The standard InChI is InChI=1S/C17H9O2S/c18-16-11-6-1-4-10-5-2-7-12(14(10)11)17(19)15(16)13-8-3-9-20-13/h1-9H. The van der Waals surface area contributed by atoms with E-state index in [-0.39, 0.29) is 11.6 Å². The van der Waals surface area contributed by atoms with Crippen LogP contribution in [0.15, 0.2) is 53.9 Å². The predicted octanol–water partition coefficient (Wildman–Crippen LogP) is 3.90. The summed E-state index contributed by atoms with van der Waals surface area (Å²) in [5.41, 5.74) is 1.25. The van der Waals surface area contributed by atoms with Gasteiger partial charge in [-0.15, -0.1) is 11.3 Å².